The van der Waals surface area contributed by atoms with Crippen molar-refractivity contribution in [2.24, 2.45) is 5.73 Å². The van der Waals surface area contributed by atoms with E-state index in [0.29, 0.717) is 19.8 Å². The Morgan fingerprint density at radius 3 is 2.64 bits per heavy atom. The SMILES string of the molecule is Cc1ccc(C2(C)NC(=O)N(CCOCCN)C2=O)c(C)c1. The minimum Gasteiger partial charge on any atom is -0.378 e. The predicted octanol–water partition coefficient (Wildman–Crippen LogP) is 1.05. The molecule has 1 aromatic carbocycles. The van der Waals surface area contributed by atoms with Crippen LogP contribution in [-0.4, -0.2) is 43.1 Å². The third kappa shape index (κ3) is 2.98. The maximum Gasteiger partial charge on any atom is 0.325 e. The maximum absolute atomic E-state index is 12.7. The van der Waals surface area contributed by atoms with E-state index >= 15 is 0 Å². The van der Waals surface area contributed by atoms with Gasteiger partial charge >= 0.3 is 6.03 Å². The Hall–Kier alpha value is -1.92. The van der Waals surface area contributed by atoms with Crippen LogP contribution in [0.5, 0.6) is 0 Å². The number of ether oxygens (including phenoxy) is 1. The zero-order valence-electron chi connectivity index (χ0n) is 13.3. The molecule has 3 N–H and O–H groups in total. The van der Waals surface area contributed by atoms with E-state index in [1.807, 2.05) is 32.0 Å². The van der Waals surface area contributed by atoms with E-state index in [1.54, 1.807) is 6.92 Å². The summed E-state index contributed by atoms with van der Waals surface area (Å²) in [7, 11) is 0. The van der Waals surface area contributed by atoms with Gasteiger partial charge in [0.05, 0.1) is 19.8 Å². The first kappa shape index (κ1) is 16.5. The second kappa shape index (κ2) is 6.46. The lowest BCUT2D eigenvalue weighted by Gasteiger charge is -2.24. The van der Waals surface area contributed by atoms with Gasteiger partial charge in [0.15, 0.2) is 0 Å². The number of carbonyl (C=O) groups excluding carboxylic acids is 2. The molecule has 1 atom stereocenters. The van der Waals surface area contributed by atoms with E-state index in [0.717, 1.165) is 16.7 Å². The van der Waals surface area contributed by atoms with Gasteiger partial charge in [-0.15, -0.1) is 0 Å². The number of imide groups is 1. The summed E-state index contributed by atoms with van der Waals surface area (Å²) in [4.78, 5) is 26.0. The fourth-order valence-electron chi connectivity index (χ4n) is 2.80. The van der Waals surface area contributed by atoms with Crippen LogP contribution >= 0.6 is 0 Å². The minimum absolute atomic E-state index is 0.227. The summed E-state index contributed by atoms with van der Waals surface area (Å²) in [6.07, 6.45) is 0. The largest absolute Gasteiger partial charge is 0.378 e. The van der Waals surface area contributed by atoms with Gasteiger partial charge in [-0.3, -0.25) is 9.69 Å². The Balaban J connectivity index is 2.18. The molecule has 0 aromatic heterocycles. The van der Waals surface area contributed by atoms with Crippen molar-refractivity contribution in [3.63, 3.8) is 0 Å². The summed E-state index contributed by atoms with van der Waals surface area (Å²) in [5.74, 6) is -0.249. The van der Waals surface area contributed by atoms with Gasteiger partial charge in [0.1, 0.15) is 5.54 Å². The average molecular weight is 305 g/mol. The molecule has 120 valence electrons. The van der Waals surface area contributed by atoms with E-state index in [4.69, 9.17) is 10.5 Å². The molecule has 0 aliphatic carbocycles. The van der Waals surface area contributed by atoms with E-state index in [9.17, 15) is 9.59 Å². The van der Waals surface area contributed by atoms with Gasteiger partial charge in [0.25, 0.3) is 5.91 Å². The number of nitrogens with one attached hydrogen (secondary N) is 1. The summed E-state index contributed by atoms with van der Waals surface area (Å²) in [6.45, 7) is 7.03. The molecular formula is C16H23N3O3. The number of hydrogen-bond donors (Lipinski definition) is 2. The molecule has 1 fully saturated rings. The molecule has 1 aliphatic heterocycles. The molecule has 1 unspecified atom stereocenters. The number of hydrogen-bond acceptors (Lipinski definition) is 4. The fraction of sp³-hybridized carbons (Fsp3) is 0.500. The predicted molar refractivity (Wildman–Crippen MR) is 83.4 cm³/mol. The summed E-state index contributed by atoms with van der Waals surface area (Å²) in [5, 5.41) is 2.80. The quantitative estimate of drug-likeness (QED) is 0.607. The molecule has 0 saturated carbocycles. The van der Waals surface area contributed by atoms with Gasteiger partial charge in [-0.2, -0.15) is 0 Å². The Morgan fingerprint density at radius 2 is 2.00 bits per heavy atom. The van der Waals surface area contributed by atoms with Gasteiger partial charge in [-0.05, 0) is 31.9 Å². The van der Waals surface area contributed by atoms with E-state index in [2.05, 4.69) is 5.32 Å². The van der Waals surface area contributed by atoms with Crippen LogP contribution < -0.4 is 11.1 Å². The number of nitrogens with zero attached hydrogens (tertiary/aromatic N) is 1. The topological polar surface area (TPSA) is 84.7 Å². The Kier molecular flexibility index (Phi) is 4.83. The molecule has 0 spiro atoms. The first-order valence-corrected chi connectivity index (χ1v) is 7.40. The highest BCUT2D eigenvalue weighted by atomic mass is 16.5. The van der Waals surface area contributed by atoms with Crippen molar-refractivity contribution in [3.8, 4) is 0 Å². The van der Waals surface area contributed by atoms with Crippen LogP contribution in [0.25, 0.3) is 0 Å². The Morgan fingerprint density at radius 1 is 1.27 bits per heavy atom. The summed E-state index contributed by atoms with van der Waals surface area (Å²) in [6, 6.07) is 5.47. The van der Waals surface area contributed by atoms with Gasteiger partial charge in [0.2, 0.25) is 0 Å². The van der Waals surface area contributed by atoms with Crippen molar-refractivity contribution in [1.29, 1.82) is 0 Å². The molecule has 3 amide bonds. The van der Waals surface area contributed by atoms with E-state index in [1.165, 1.54) is 4.90 Å². The van der Waals surface area contributed by atoms with Gasteiger partial charge in [-0.1, -0.05) is 23.8 Å². The van der Waals surface area contributed by atoms with Crippen molar-refractivity contribution in [2.75, 3.05) is 26.3 Å². The van der Waals surface area contributed by atoms with Crippen molar-refractivity contribution < 1.29 is 14.3 Å². The minimum atomic E-state index is -1.03. The molecule has 0 bridgehead atoms. The van der Waals surface area contributed by atoms with Crippen molar-refractivity contribution >= 4 is 11.9 Å². The van der Waals surface area contributed by atoms with Crippen LogP contribution in [0.2, 0.25) is 0 Å². The highest BCUT2D eigenvalue weighted by Gasteiger charge is 2.49. The molecule has 6 nitrogen and oxygen atoms in total. The van der Waals surface area contributed by atoms with Crippen LogP contribution in [0.1, 0.15) is 23.6 Å². The van der Waals surface area contributed by atoms with Crippen LogP contribution in [-0.2, 0) is 15.1 Å². The molecule has 2 rings (SSSR count). The Bertz CT molecular complexity index is 588. The smallest absolute Gasteiger partial charge is 0.325 e. The highest BCUT2D eigenvalue weighted by molar-refractivity contribution is 6.07. The number of benzene rings is 1. The van der Waals surface area contributed by atoms with Gasteiger partial charge in [-0.25, -0.2) is 4.79 Å². The first-order valence-electron chi connectivity index (χ1n) is 7.40. The normalized spacial score (nSPS) is 21.4. The molecule has 1 heterocycles. The molecule has 1 saturated heterocycles. The molecule has 1 aliphatic rings. The van der Waals surface area contributed by atoms with Crippen LogP contribution in [0.15, 0.2) is 18.2 Å². The number of aryl methyl sites for hydroxylation is 2. The molecule has 6 heteroatoms. The van der Waals surface area contributed by atoms with Gasteiger partial charge in [0, 0.05) is 6.54 Å². The van der Waals surface area contributed by atoms with Gasteiger partial charge < -0.3 is 15.8 Å². The summed E-state index contributed by atoms with van der Waals surface area (Å²) < 4.78 is 5.26. The summed E-state index contributed by atoms with van der Waals surface area (Å²) >= 11 is 0. The maximum atomic E-state index is 12.7. The zero-order valence-corrected chi connectivity index (χ0v) is 13.3. The van der Waals surface area contributed by atoms with Crippen LogP contribution in [0.4, 0.5) is 4.79 Å². The number of urea groups is 1. The molecule has 1 aromatic rings. The third-order valence-electron chi connectivity index (χ3n) is 3.92. The number of amides is 3. The second-order valence-electron chi connectivity index (χ2n) is 5.73. The lowest BCUT2D eigenvalue weighted by atomic mass is 9.88. The fourth-order valence-corrected chi connectivity index (χ4v) is 2.80. The first-order chi connectivity index (χ1) is 10.4. The van der Waals surface area contributed by atoms with Crippen molar-refractivity contribution in [3.05, 3.63) is 34.9 Å². The lowest BCUT2D eigenvalue weighted by molar-refractivity contribution is -0.131. The zero-order chi connectivity index (χ0) is 16.3. The van der Waals surface area contributed by atoms with Crippen molar-refractivity contribution in [2.45, 2.75) is 26.3 Å². The summed E-state index contributed by atoms with van der Waals surface area (Å²) in [5.41, 5.74) is 7.24. The number of carbonyl (C=O) groups is 2. The van der Waals surface area contributed by atoms with Crippen LogP contribution in [0.3, 0.4) is 0 Å². The second-order valence-corrected chi connectivity index (χ2v) is 5.73. The third-order valence-corrected chi connectivity index (χ3v) is 3.92. The number of rotatable bonds is 6. The number of nitrogens with two attached hydrogens (primary N) is 1. The molecule has 0 radical (unpaired) electrons. The van der Waals surface area contributed by atoms with Crippen molar-refractivity contribution in [1.82, 2.24) is 10.2 Å². The molecular weight excluding hydrogens is 282 g/mol. The Labute approximate surface area is 130 Å². The van der Waals surface area contributed by atoms with Crippen LogP contribution in [0, 0.1) is 13.8 Å². The standard InChI is InChI=1S/C16H23N3O3/c1-11-4-5-13(12(2)10-11)16(3)14(20)19(15(21)18-16)7-9-22-8-6-17/h4-5,10H,6-9,17H2,1-3H3,(H,18,21). The highest BCUT2D eigenvalue weighted by Crippen LogP contribution is 2.31. The monoisotopic (exact) mass is 305 g/mol. The van der Waals surface area contributed by atoms with E-state index < -0.39 is 5.54 Å². The molecule has 22 heavy (non-hydrogen) atoms. The van der Waals surface area contributed by atoms with E-state index in [-0.39, 0.29) is 18.5 Å². The lowest BCUT2D eigenvalue weighted by Crippen LogP contribution is -2.41. The average Bonchev–Trinajstić information content (AvgIpc) is 2.66.